The molecule has 0 aliphatic carbocycles. The average Bonchev–Trinajstić information content (AvgIpc) is 2.77. The molecular weight excluding hydrogens is 254 g/mol. The number of hydrogen-bond acceptors (Lipinski definition) is 3. The summed E-state index contributed by atoms with van der Waals surface area (Å²) in [6.45, 7) is 4.18. The molecule has 2 heterocycles. The van der Waals surface area contributed by atoms with E-state index in [0.717, 1.165) is 32.6 Å². The van der Waals surface area contributed by atoms with Crippen LogP contribution in [0, 0.1) is 5.92 Å². The second-order valence-electron chi connectivity index (χ2n) is 4.61. The highest BCUT2D eigenvalue weighted by atomic mass is 35.5. The van der Waals surface area contributed by atoms with Crippen molar-refractivity contribution < 1.29 is 9.53 Å². The summed E-state index contributed by atoms with van der Waals surface area (Å²) in [5.74, 6) is 0.399. The molecule has 6 heteroatoms. The van der Waals surface area contributed by atoms with Gasteiger partial charge in [-0.25, -0.2) is 0 Å². The number of carbonyl (C=O) groups is 1. The first-order valence-corrected chi connectivity index (χ1v) is 6.64. The van der Waals surface area contributed by atoms with Crippen molar-refractivity contribution in [2.45, 2.75) is 31.7 Å². The molecule has 1 saturated heterocycles. The number of hydrogen-bond donors (Lipinski definition) is 1. The molecule has 5 nitrogen and oxygen atoms in total. The fraction of sp³-hybridized carbons (Fsp3) is 0.667. The average molecular weight is 272 g/mol. The van der Waals surface area contributed by atoms with E-state index in [-0.39, 0.29) is 5.91 Å². The Morgan fingerprint density at radius 2 is 2.39 bits per heavy atom. The summed E-state index contributed by atoms with van der Waals surface area (Å²) >= 11 is 5.69. The minimum absolute atomic E-state index is 0.206. The number of aromatic nitrogens is 2. The Hall–Kier alpha value is -1.07. The SMILES string of the molecule is CC(Cl)C(=O)Nc1cnn(CC2CCOCC2)c1. The number of nitrogens with one attached hydrogen (secondary N) is 1. The number of halogens is 1. The molecule has 1 N–H and O–H groups in total. The zero-order valence-electron chi connectivity index (χ0n) is 10.4. The first-order chi connectivity index (χ1) is 8.65. The van der Waals surface area contributed by atoms with E-state index in [0.29, 0.717) is 11.6 Å². The standard InChI is InChI=1S/C12H18ClN3O2/c1-9(13)12(17)15-11-6-14-16(8-11)7-10-2-4-18-5-3-10/h6,8-10H,2-5,7H2,1H3,(H,15,17). The van der Waals surface area contributed by atoms with E-state index in [1.165, 1.54) is 0 Å². The molecule has 1 aromatic rings. The van der Waals surface area contributed by atoms with Crippen molar-refractivity contribution in [2.24, 2.45) is 5.92 Å². The van der Waals surface area contributed by atoms with Gasteiger partial charge in [0.15, 0.2) is 0 Å². The summed E-state index contributed by atoms with van der Waals surface area (Å²) in [6, 6.07) is 0. The molecule has 0 saturated carbocycles. The molecule has 1 atom stereocenters. The lowest BCUT2D eigenvalue weighted by Gasteiger charge is -2.21. The molecular formula is C12H18ClN3O2. The van der Waals surface area contributed by atoms with E-state index < -0.39 is 5.38 Å². The smallest absolute Gasteiger partial charge is 0.242 e. The van der Waals surface area contributed by atoms with Crippen LogP contribution in [0.4, 0.5) is 5.69 Å². The third-order valence-corrected chi connectivity index (χ3v) is 3.25. The van der Waals surface area contributed by atoms with Crippen molar-refractivity contribution in [1.29, 1.82) is 0 Å². The van der Waals surface area contributed by atoms with Crippen molar-refractivity contribution in [3.05, 3.63) is 12.4 Å². The minimum Gasteiger partial charge on any atom is -0.381 e. The van der Waals surface area contributed by atoms with Gasteiger partial charge < -0.3 is 10.1 Å². The number of amides is 1. The first-order valence-electron chi connectivity index (χ1n) is 6.20. The molecule has 0 bridgehead atoms. The van der Waals surface area contributed by atoms with Crippen LogP contribution in [0.15, 0.2) is 12.4 Å². The van der Waals surface area contributed by atoms with Crippen molar-refractivity contribution >= 4 is 23.2 Å². The number of anilines is 1. The van der Waals surface area contributed by atoms with Gasteiger partial charge in [-0.1, -0.05) is 0 Å². The fourth-order valence-electron chi connectivity index (χ4n) is 1.96. The molecule has 1 aliphatic rings. The van der Waals surface area contributed by atoms with Gasteiger partial charge in [0.1, 0.15) is 5.38 Å². The molecule has 0 radical (unpaired) electrons. The highest BCUT2D eigenvalue weighted by Gasteiger charge is 2.15. The van der Waals surface area contributed by atoms with Gasteiger partial charge in [0, 0.05) is 26.0 Å². The number of ether oxygens (including phenoxy) is 1. The molecule has 2 rings (SSSR count). The highest BCUT2D eigenvalue weighted by Crippen LogP contribution is 2.17. The predicted octanol–water partition coefficient (Wildman–Crippen LogP) is 1.88. The summed E-state index contributed by atoms with van der Waals surface area (Å²) in [5, 5.41) is 6.42. The molecule has 1 aromatic heterocycles. The lowest BCUT2D eigenvalue weighted by atomic mass is 10.0. The second kappa shape index (κ2) is 6.20. The maximum absolute atomic E-state index is 11.4. The van der Waals surface area contributed by atoms with Crippen LogP contribution in [0.25, 0.3) is 0 Å². The predicted molar refractivity (Wildman–Crippen MR) is 69.7 cm³/mol. The van der Waals surface area contributed by atoms with Crippen molar-refractivity contribution in [2.75, 3.05) is 18.5 Å². The normalized spacial score (nSPS) is 18.6. The lowest BCUT2D eigenvalue weighted by Crippen LogP contribution is -2.21. The van der Waals surface area contributed by atoms with Crippen LogP contribution in [-0.4, -0.2) is 34.3 Å². The Bertz CT molecular complexity index is 400. The van der Waals surface area contributed by atoms with E-state index in [2.05, 4.69) is 10.4 Å². The van der Waals surface area contributed by atoms with Gasteiger partial charge in [-0.15, -0.1) is 11.6 Å². The summed E-state index contributed by atoms with van der Waals surface area (Å²) in [5.41, 5.74) is 0.694. The minimum atomic E-state index is -0.538. The van der Waals surface area contributed by atoms with Gasteiger partial charge in [0.05, 0.1) is 11.9 Å². The van der Waals surface area contributed by atoms with Gasteiger partial charge >= 0.3 is 0 Å². The van der Waals surface area contributed by atoms with E-state index >= 15 is 0 Å². The molecule has 1 unspecified atom stereocenters. The molecule has 0 spiro atoms. The number of rotatable bonds is 4. The van der Waals surface area contributed by atoms with Gasteiger partial charge in [-0.05, 0) is 25.7 Å². The van der Waals surface area contributed by atoms with E-state index in [1.54, 1.807) is 13.1 Å². The maximum Gasteiger partial charge on any atom is 0.242 e. The van der Waals surface area contributed by atoms with Crippen molar-refractivity contribution in [1.82, 2.24) is 9.78 Å². The van der Waals surface area contributed by atoms with E-state index in [1.807, 2.05) is 10.9 Å². The molecule has 1 fully saturated rings. The Balaban J connectivity index is 1.87. The topological polar surface area (TPSA) is 56.2 Å². The van der Waals surface area contributed by atoms with Crippen LogP contribution < -0.4 is 5.32 Å². The monoisotopic (exact) mass is 271 g/mol. The number of carbonyl (C=O) groups excluding carboxylic acids is 1. The van der Waals surface area contributed by atoms with Gasteiger partial charge in [-0.3, -0.25) is 9.48 Å². The second-order valence-corrected chi connectivity index (χ2v) is 5.27. The lowest BCUT2D eigenvalue weighted by molar-refractivity contribution is -0.115. The summed E-state index contributed by atoms with van der Waals surface area (Å²) in [4.78, 5) is 11.4. The van der Waals surface area contributed by atoms with Gasteiger partial charge in [0.2, 0.25) is 5.91 Å². The Morgan fingerprint density at radius 3 is 3.06 bits per heavy atom. The zero-order chi connectivity index (χ0) is 13.0. The van der Waals surface area contributed by atoms with Crippen LogP contribution in [0.1, 0.15) is 19.8 Å². The highest BCUT2D eigenvalue weighted by molar-refractivity contribution is 6.32. The van der Waals surface area contributed by atoms with Crippen LogP contribution in [-0.2, 0) is 16.1 Å². The quantitative estimate of drug-likeness (QED) is 0.851. The Morgan fingerprint density at radius 1 is 1.67 bits per heavy atom. The van der Waals surface area contributed by atoms with Gasteiger partial charge in [-0.2, -0.15) is 5.10 Å². The maximum atomic E-state index is 11.4. The summed E-state index contributed by atoms with van der Waals surface area (Å²) in [7, 11) is 0. The number of alkyl halides is 1. The molecule has 1 amide bonds. The van der Waals surface area contributed by atoms with Crippen LogP contribution in [0.3, 0.4) is 0 Å². The molecule has 1 aliphatic heterocycles. The Kier molecular flexibility index (Phi) is 4.60. The molecule has 100 valence electrons. The van der Waals surface area contributed by atoms with Crippen molar-refractivity contribution in [3.63, 3.8) is 0 Å². The summed E-state index contributed by atoms with van der Waals surface area (Å²) < 4.78 is 7.19. The van der Waals surface area contributed by atoms with Crippen LogP contribution in [0.2, 0.25) is 0 Å². The van der Waals surface area contributed by atoms with E-state index in [9.17, 15) is 4.79 Å². The van der Waals surface area contributed by atoms with Crippen molar-refractivity contribution in [3.8, 4) is 0 Å². The number of nitrogens with zero attached hydrogens (tertiary/aromatic N) is 2. The van der Waals surface area contributed by atoms with Crippen LogP contribution in [0.5, 0.6) is 0 Å². The molecule has 18 heavy (non-hydrogen) atoms. The van der Waals surface area contributed by atoms with Crippen LogP contribution >= 0.6 is 11.6 Å². The van der Waals surface area contributed by atoms with E-state index in [4.69, 9.17) is 16.3 Å². The largest absolute Gasteiger partial charge is 0.381 e. The summed E-state index contributed by atoms with van der Waals surface area (Å²) in [6.07, 6.45) is 5.63. The zero-order valence-corrected chi connectivity index (χ0v) is 11.2. The van der Waals surface area contributed by atoms with Gasteiger partial charge in [0.25, 0.3) is 0 Å². The third kappa shape index (κ3) is 3.71. The third-order valence-electron chi connectivity index (χ3n) is 3.05. The fourth-order valence-corrected chi connectivity index (χ4v) is 2.02. The Labute approximate surface area is 111 Å². The first kappa shape index (κ1) is 13.4. The molecule has 0 aromatic carbocycles.